The van der Waals surface area contributed by atoms with E-state index in [1.807, 2.05) is 60.7 Å². The largest absolute Gasteiger partial charge is 0.412 e. The van der Waals surface area contributed by atoms with Gasteiger partial charge in [0.25, 0.3) is 0 Å². The van der Waals surface area contributed by atoms with E-state index in [2.05, 4.69) is 51.6 Å². The number of carbonyl (C=O) groups excluding carboxylic acids is 2. The van der Waals surface area contributed by atoms with Gasteiger partial charge in [0.05, 0.1) is 17.9 Å². The number of amides is 2. The number of piperidine rings is 1. The van der Waals surface area contributed by atoms with Crippen molar-refractivity contribution in [2.45, 2.75) is 70.0 Å². The predicted octanol–water partition coefficient (Wildman–Crippen LogP) is 6.89. The van der Waals surface area contributed by atoms with Gasteiger partial charge in [-0.15, -0.1) is 0 Å². The lowest BCUT2D eigenvalue weighted by molar-refractivity contribution is -0.125. The van der Waals surface area contributed by atoms with Crippen molar-refractivity contribution in [2.75, 3.05) is 24.7 Å². The molecule has 46 heavy (non-hydrogen) atoms. The van der Waals surface area contributed by atoms with Crippen LogP contribution >= 0.6 is 0 Å². The van der Waals surface area contributed by atoms with Gasteiger partial charge < -0.3 is 20.3 Å². The molecule has 0 unspecified atom stereocenters. The minimum Gasteiger partial charge on any atom is -0.409 e. The van der Waals surface area contributed by atoms with Crippen LogP contribution in [0.1, 0.15) is 57.4 Å². The fraction of sp³-hybridized carbons (Fsp3) is 0.395. The van der Waals surface area contributed by atoms with E-state index >= 15 is 0 Å². The number of hydrogen-bond acceptors (Lipinski definition) is 6. The first-order valence-electron chi connectivity index (χ1n) is 16.8. The molecule has 3 aromatic carbocycles. The second-order valence-corrected chi connectivity index (χ2v) is 13.1. The van der Waals surface area contributed by atoms with Crippen molar-refractivity contribution < 1.29 is 14.3 Å². The molecule has 2 aliphatic heterocycles. The van der Waals surface area contributed by atoms with E-state index < -0.39 is 11.6 Å². The normalized spacial score (nSPS) is 19.2. The number of ether oxygens (including phenoxy) is 1. The number of pyridine rings is 1. The molecular formula is C38H43N5O3. The van der Waals surface area contributed by atoms with Crippen LogP contribution in [0, 0.1) is 5.92 Å². The molecule has 1 aromatic heterocycles. The number of rotatable bonds is 7. The van der Waals surface area contributed by atoms with Gasteiger partial charge in [0.15, 0.2) is 0 Å². The number of para-hydroxylation sites is 2. The van der Waals surface area contributed by atoms with E-state index in [1.54, 1.807) is 0 Å². The van der Waals surface area contributed by atoms with E-state index in [1.165, 1.54) is 19.3 Å². The third kappa shape index (κ3) is 5.94. The van der Waals surface area contributed by atoms with Crippen LogP contribution < -0.4 is 20.3 Å². The molecule has 1 atom stereocenters. The van der Waals surface area contributed by atoms with E-state index in [-0.39, 0.29) is 11.9 Å². The summed E-state index contributed by atoms with van der Waals surface area (Å²) < 4.78 is 6.32. The highest BCUT2D eigenvalue weighted by Gasteiger charge is 2.50. The van der Waals surface area contributed by atoms with Crippen molar-refractivity contribution in [3.8, 4) is 17.0 Å². The van der Waals surface area contributed by atoms with E-state index in [9.17, 15) is 9.59 Å². The van der Waals surface area contributed by atoms with Gasteiger partial charge in [-0.2, -0.15) is 0 Å². The van der Waals surface area contributed by atoms with Crippen LogP contribution in [0.4, 0.5) is 10.5 Å². The van der Waals surface area contributed by atoms with Gasteiger partial charge >= 0.3 is 6.09 Å². The Morgan fingerprint density at radius 2 is 1.63 bits per heavy atom. The van der Waals surface area contributed by atoms with E-state index in [0.29, 0.717) is 37.7 Å². The molecule has 8 nitrogen and oxygen atoms in total. The topological polar surface area (TPSA) is 86.8 Å². The number of hydrogen-bond donors (Lipinski definition) is 2. The fourth-order valence-electron chi connectivity index (χ4n) is 7.72. The van der Waals surface area contributed by atoms with Crippen LogP contribution in [0.25, 0.3) is 22.2 Å². The molecule has 3 fully saturated rings. The van der Waals surface area contributed by atoms with Crippen LogP contribution in [0.3, 0.4) is 0 Å². The molecule has 1 saturated carbocycles. The number of nitrogens with zero attached hydrogens (tertiary/aromatic N) is 3. The molecule has 0 radical (unpaired) electrons. The molecule has 7 rings (SSSR count). The third-order valence-electron chi connectivity index (χ3n) is 10.4. The molecule has 3 heterocycles. The Labute approximate surface area is 271 Å². The highest BCUT2D eigenvalue weighted by molar-refractivity contribution is 5.94. The van der Waals surface area contributed by atoms with Crippen LogP contribution in [0.15, 0.2) is 84.9 Å². The van der Waals surface area contributed by atoms with Crippen LogP contribution in [0.2, 0.25) is 0 Å². The number of likely N-dealkylation sites (tertiary alicyclic amines) is 1. The summed E-state index contributed by atoms with van der Waals surface area (Å²) in [7, 11) is 0. The number of anilines is 1. The maximum Gasteiger partial charge on any atom is 0.412 e. The van der Waals surface area contributed by atoms with Gasteiger partial charge in [-0.25, -0.2) is 9.78 Å². The molecule has 2 saturated heterocycles. The molecule has 1 aliphatic carbocycles. The van der Waals surface area contributed by atoms with Crippen molar-refractivity contribution in [1.82, 2.24) is 20.5 Å². The summed E-state index contributed by atoms with van der Waals surface area (Å²) in [5, 5.41) is 7.09. The van der Waals surface area contributed by atoms with Crippen molar-refractivity contribution in [1.29, 1.82) is 0 Å². The first-order valence-corrected chi connectivity index (χ1v) is 16.8. The first kappa shape index (κ1) is 30.2. The summed E-state index contributed by atoms with van der Waals surface area (Å²) in [6, 6.07) is 28.3. The monoisotopic (exact) mass is 617 g/mol. The maximum atomic E-state index is 13.6. The molecule has 1 spiro atoms. The van der Waals surface area contributed by atoms with Gasteiger partial charge in [-0.1, -0.05) is 79.9 Å². The summed E-state index contributed by atoms with van der Waals surface area (Å²) in [6.07, 6.45) is 6.96. The van der Waals surface area contributed by atoms with E-state index in [4.69, 9.17) is 9.72 Å². The molecule has 4 aromatic rings. The molecule has 2 N–H and O–H groups in total. The van der Waals surface area contributed by atoms with Crippen molar-refractivity contribution in [2.24, 2.45) is 5.92 Å². The fourth-order valence-corrected chi connectivity index (χ4v) is 7.72. The standard InChI is InChI=1S/C38H43N5O3/c1-27(28-13-5-2-6-14-28)40-37(45)46-35-31-19-11-12-20-33(31)41-34(29-15-7-3-8-16-29)32(35)25-42-23-21-38(22-24-42)36(44)39-26-43(38)30-17-9-4-10-18-30/h3-4,7-12,15-20,27-28H,2,5-6,13-14,21-26H2,1H3,(H,39,44)(H,40,45)/t27-/m0/s1. The Kier molecular flexibility index (Phi) is 8.63. The number of nitrogens with one attached hydrogen (secondary N) is 2. The molecular weight excluding hydrogens is 574 g/mol. The van der Waals surface area contributed by atoms with Gasteiger partial charge in [0, 0.05) is 47.9 Å². The lowest BCUT2D eigenvalue weighted by atomic mass is 9.85. The smallest absolute Gasteiger partial charge is 0.409 e. The first-order chi connectivity index (χ1) is 22.5. The number of fused-ring (bicyclic) bond motifs is 1. The van der Waals surface area contributed by atoms with Crippen molar-refractivity contribution in [3.05, 3.63) is 90.5 Å². The summed E-state index contributed by atoms with van der Waals surface area (Å²) in [5.41, 5.74) is 3.94. The van der Waals surface area contributed by atoms with Crippen LogP contribution in [-0.4, -0.2) is 53.2 Å². The zero-order chi connectivity index (χ0) is 31.5. The minimum atomic E-state index is -0.573. The average molecular weight is 618 g/mol. The summed E-state index contributed by atoms with van der Waals surface area (Å²) in [5.74, 6) is 1.13. The predicted molar refractivity (Wildman–Crippen MR) is 182 cm³/mol. The Morgan fingerprint density at radius 3 is 2.37 bits per heavy atom. The summed E-state index contributed by atoms with van der Waals surface area (Å²) >= 11 is 0. The number of carbonyl (C=O) groups is 2. The minimum absolute atomic E-state index is 0.0429. The SMILES string of the molecule is C[C@H](NC(=O)Oc1c(CN2CCC3(CC2)C(=O)NCN3c2ccccc2)c(-c2ccccc2)nc2ccccc12)C1CCCCC1. The summed E-state index contributed by atoms with van der Waals surface area (Å²) in [4.78, 5) is 36.6. The van der Waals surface area contributed by atoms with Gasteiger partial charge in [-0.3, -0.25) is 9.69 Å². The lowest BCUT2D eigenvalue weighted by Gasteiger charge is -2.43. The zero-order valence-corrected chi connectivity index (χ0v) is 26.6. The second-order valence-electron chi connectivity index (χ2n) is 13.1. The second kappa shape index (κ2) is 13.1. The number of benzene rings is 3. The van der Waals surface area contributed by atoms with Gasteiger partial charge in [0.1, 0.15) is 11.3 Å². The van der Waals surface area contributed by atoms with Crippen LogP contribution in [0.5, 0.6) is 5.75 Å². The highest BCUT2D eigenvalue weighted by atomic mass is 16.6. The summed E-state index contributed by atoms with van der Waals surface area (Å²) in [6.45, 7) is 4.61. The van der Waals surface area contributed by atoms with Crippen molar-refractivity contribution >= 4 is 28.6 Å². The third-order valence-corrected chi connectivity index (χ3v) is 10.4. The highest BCUT2D eigenvalue weighted by Crippen LogP contribution is 2.40. The Hall–Kier alpha value is -4.43. The molecule has 2 amide bonds. The number of aromatic nitrogens is 1. The quantitative estimate of drug-likeness (QED) is 0.235. The lowest BCUT2D eigenvalue weighted by Crippen LogP contribution is -2.56. The van der Waals surface area contributed by atoms with Gasteiger partial charge in [-0.05, 0) is 62.8 Å². The van der Waals surface area contributed by atoms with E-state index in [0.717, 1.165) is 59.3 Å². The van der Waals surface area contributed by atoms with Gasteiger partial charge in [0.2, 0.25) is 5.91 Å². The Morgan fingerprint density at radius 1 is 0.957 bits per heavy atom. The molecule has 238 valence electrons. The van der Waals surface area contributed by atoms with Crippen LogP contribution in [-0.2, 0) is 11.3 Å². The maximum absolute atomic E-state index is 13.6. The Bertz CT molecular complexity index is 1680. The molecule has 3 aliphatic rings. The van der Waals surface area contributed by atoms with Crippen molar-refractivity contribution in [3.63, 3.8) is 0 Å². The Balaban J connectivity index is 1.20. The zero-order valence-electron chi connectivity index (χ0n) is 26.6. The molecule has 0 bridgehead atoms. The average Bonchev–Trinajstić information content (AvgIpc) is 3.42. The molecule has 8 heteroatoms.